The second-order valence-corrected chi connectivity index (χ2v) is 5.58. The van der Waals surface area contributed by atoms with Crippen molar-refractivity contribution in [3.8, 4) is 0 Å². The lowest BCUT2D eigenvalue weighted by atomic mass is 10.1. The van der Waals surface area contributed by atoms with Gasteiger partial charge in [-0.25, -0.2) is 0 Å². The second kappa shape index (κ2) is 11.3. The molecular weight excluding hydrogens is 262 g/mol. The molecule has 0 aromatic heterocycles. The molecule has 1 amide bonds. The van der Waals surface area contributed by atoms with Crippen LogP contribution in [0.15, 0.2) is 30.3 Å². The summed E-state index contributed by atoms with van der Waals surface area (Å²) in [5, 5.41) is 12.3. The molecule has 3 heteroatoms. The van der Waals surface area contributed by atoms with Gasteiger partial charge in [0.25, 0.3) is 0 Å². The van der Waals surface area contributed by atoms with Crippen molar-refractivity contribution in [3.05, 3.63) is 35.9 Å². The van der Waals surface area contributed by atoms with Crippen molar-refractivity contribution in [3.63, 3.8) is 0 Å². The Morgan fingerprint density at radius 3 is 2.29 bits per heavy atom. The first kappa shape index (κ1) is 17.7. The van der Waals surface area contributed by atoms with Crippen LogP contribution in [-0.4, -0.2) is 17.6 Å². The summed E-state index contributed by atoms with van der Waals surface area (Å²) in [6, 6.07) is 9.33. The van der Waals surface area contributed by atoms with Crippen LogP contribution in [0.3, 0.4) is 0 Å². The summed E-state index contributed by atoms with van der Waals surface area (Å²) in [5.74, 6) is 0.0338. The van der Waals surface area contributed by atoms with Gasteiger partial charge in [-0.05, 0) is 12.0 Å². The van der Waals surface area contributed by atoms with Crippen LogP contribution in [0.25, 0.3) is 0 Å². The van der Waals surface area contributed by atoms with E-state index in [0.717, 1.165) is 18.4 Å². The average Bonchev–Trinajstić information content (AvgIpc) is 2.52. The van der Waals surface area contributed by atoms with E-state index in [2.05, 4.69) is 12.2 Å². The van der Waals surface area contributed by atoms with Gasteiger partial charge in [0.05, 0.1) is 12.6 Å². The predicted octanol–water partition coefficient (Wildman–Crippen LogP) is 3.98. The SMILES string of the molecule is CCCCCCCCCC(=O)N[C@H](CO)c1ccccc1. The van der Waals surface area contributed by atoms with Gasteiger partial charge in [-0.15, -0.1) is 0 Å². The minimum Gasteiger partial charge on any atom is -0.394 e. The van der Waals surface area contributed by atoms with Gasteiger partial charge in [0.2, 0.25) is 5.91 Å². The van der Waals surface area contributed by atoms with Gasteiger partial charge in [0.1, 0.15) is 0 Å². The van der Waals surface area contributed by atoms with E-state index in [-0.39, 0.29) is 18.6 Å². The van der Waals surface area contributed by atoms with Crippen LogP contribution >= 0.6 is 0 Å². The van der Waals surface area contributed by atoms with Gasteiger partial charge < -0.3 is 10.4 Å². The zero-order valence-corrected chi connectivity index (χ0v) is 13.2. The highest BCUT2D eigenvalue weighted by atomic mass is 16.3. The topological polar surface area (TPSA) is 49.3 Å². The third kappa shape index (κ3) is 7.86. The highest BCUT2D eigenvalue weighted by Crippen LogP contribution is 2.13. The molecule has 0 saturated heterocycles. The summed E-state index contributed by atoms with van der Waals surface area (Å²) >= 11 is 0. The minimum atomic E-state index is -0.289. The fourth-order valence-corrected chi connectivity index (χ4v) is 2.43. The lowest BCUT2D eigenvalue weighted by Crippen LogP contribution is -2.30. The zero-order chi connectivity index (χ0) is 15.3. The Labute approximate surface area is 128 Å². The Kier molecular flexibility index (Phi) is 9.55. The highest BCUT2D eigenvalue weighted by molar-refractivity contribution is 5.76. The van der Waals surface area contributed by atoms with Crippen LogP contribution in [0.5, 0.6) is 0 Å². The molecular formula is C18H29NO2. The predicted molar refractivity (Wildman–Crippen MR) is 87.0 cm³/mol. The van der Waals surface area contributed by atoms with Crippen molar-refractivity contribution < 1.29 is 9.90 Å². The van der Waals surface area contributed by atoms with Crippen LogP contribution in [0.2, 0.25) is 0 Å². The van der Waals surface area contributed by atoms with Gasteiger partial charge >= 0.3 is 0 Å². The maximum atomic E-state index is 11.9. The van der Waals surface area contributed by atoms with Crippen molar-refractivity contribution in [2.24, 2.45) is 0 Å². The van der Waals surface area contributed by atoms with Crippen molar-refractivity contribution >= 4 is 5.91 Å². The molecule has 0 bridgehead atoms. The Morgan fingerprint density at radius 1 is 1.05 bits per heavy atom. The summed E-state index contributed by atoms with van der Waals surface area (Å²) in [6.07, 6.45) is 8.99. The van der Waals surface area contributed by atoms with Gasteiger partial charge in [0.15, 0.2) is 0 Å². The highest BCUT2D eigenvalue weighted by Gasteiger charge is 2.12. The molecule has 0 aliphatic rings. The quantitative estimate of drug-likeness (QED) is 0.606. The van der Waals surface area contributed by atoms with E-state index in [1.807, 2.05) is 30.3 Å². The van der Waals surface area contributed by atoms with Crippen molar-refractivity contribution in [1.82, 2.24) is 5.32 Å². The molecule has 0 radical (unpaired) electrons. The van der Waals surface area contributed by atoms with Crippen LogP contribution < -0.4 is 5.32 Å². The van der Waals surface area contributed by atoms with Crippen LogP contribution in [-0.2, 0) is 4.79 Å². The average molecular weight is 291 g/mol. The first-order valence-corrected chi connectivity index (χ1v) is 8.23. The number of nitrogens with one attached hydrogen (secondary N) is 1. The number of hydrogen-bond acceptors (Lipinski definition) is 2. The number of hydrogen-bond donors (Lipinski definition) is 2. The molecule has 0 spiro atoms. The smallest absolute Gasteiger partial charge is 0.220 e. The fraction of sp³-hybridized carbons (Fsp3) is 0.611. The Balaban J connectivity index is 2.17. The summed E-state index contributed by atoms with van der Waals surface area (Å²) in [7, 11) is 0. The molecule has 0 fully saturated rings. The van der Waals surface area contributed by atoms with Crippen molar-refractivity contribution in [1.29, 1.82) is 0 Å². The molecule has 1 aromatic carbocycles. The van der Waals surface area contributed by atoms with Gasteiger partial charge in [-0.1, -0.05) is 75.8 Å². The molecule has 1 atom stereocenters. The number of unbranched alkanes of at least 4 members (excludes halogenated alkanes) is 6. The van der Waals surface area contributed by atoms with Gasteiger partial charge in [-0.2, -0.15) is 0 Å². The molecule has 118 valence electrons. The van der Waals surface area contributed by atoms with Gasteiger partial charge in [-0.3, -0.25) is 4.79 Å². The molecule has 0 aliphatic carbocycles. The third-order valence-electron chi connectivity index (χ3n) is 3.73. The Bertz CT molecular complexity index is 378. The lowest BCUT2D eigenvalue weighted by Gasteiger charge is -2.16. The van der Waals surface area contributed by atoms with E-state index in [1.54, 1.807) is 0 Å². The third-order valence-corrected chi connectivity index (χ3v) is 3.73. The standard InChI is InChI=1S/C18H29NO2/c1-2-3-4-5-6-7-11-14-18(21)19-17(15-20)16-12-9-8-10-13-16/h8-10,12-13,17,20H,2-7,11,14-15H2,1H3,(H,19,21)/t17-/m1/s1. The molecule has 1 aromatic rings. The molecule has 21 heavy (non-hydrogen) atoms. The first-order chi connectivity index (χ1) is 10.3. The second-order valence-electron chi connectivity index (χ2n) is 5.58. The molecule has 0 saturated carbocycles. The minimum absolute atomic E-state index is 0.0338. The zero-order valence-electron chi connectivity index (χ0n) is 13.2. The maximum Gasteiger partial charge on any atom is 0.220 e. The fourth-order valence-electron chi connectivity index (χ4n) is 2.43. The normalized spacial score (nSPS) is 12.1. The number of benzene rings is 1. The Morgan fingerprint density at radius 2 is 1.67 bits per heavy atom. The summed E-state index contributed by atoms with van der Waals surface area (Å²) in [4.78, 5) is 11.9. The number of amides is 1. The van der Waals surface area contributed by atoms with Crippen molar-refractivity contribution in [2.45, 2.75) is 64.3 Å². The maximum absolute atomic E-state index is 11.9. The van der Waals surface area contributed by atoms with Crippen LogP contribution in [0.1, 0.15) is 69.9 Å². The monoisotopic (exact) mass is 291 g/mol. The van der Waals surface area contributed by atoms with E-state index in [9.17, 15) is 9.90 Å². The molecule has 0 unspecified atom stereocenters. The Hall–Kier alpha value is -1.35. The van der Waals surface area contributed by atoms with Crippen molar-refractivity contribution in [2.75, 3.05) is 6.61 Å². The number of carbonyl (C=O) groups excluding carboxylic acids is 1. The van der Waals surface area contributed by atoms with E-state index in [0.29, 0.717) is 6.42 Å². The number of aliphatic hydroxyl groups excluding tert-OH is 1. The van der Waals surface area contributed by atoms with Crippen LogP contribution in [0, 0.1) is 0 Å². The molecule has 0 aliphatic heterocycles. The van der Waals surface area contributed by atoms with E-state index in [1.165, 1.54) is 32.1 Å². The molecule has 0 heterocycles. The van der Waals surface area contributed by atoms with E-state index >= 15 is 0 Å². The van der Waals surface area contributed by atoms with Crippen LogP contribution in [0.4, 0.5) is 0 Å². The number of carbonyl (C=O) groups is 1. The summed E-state index contributed by atoms with van der Waals surface area (Å²) < 4.78 is 0. The number of aliphatic hydroxyl groups is 1. The molecule has 2 N–H and O–H groups in total. The molecule has 1 rings (SSSR count). The molecule has 3 nitrogen and oxygen atoms in total. The first-order valence-electron chi connectivity index (χ1n) is 8.23. The summed E-state index contributed by atoms with van der Waals surface area (Å²) in [6.45, 7) is 2.15. The summed E-state index contributed by atoms with van der Waals surface area (Å²) in [5.41, 5.74) is 0.952. The lowest BCUT2D eigenvalue weighted by molar-refractivity contribution is -0.122. The number of rotatable bonds is 11. The largest absolute Gasteiger partial charge is 0.394 e. The van der Waals surface area contributed by atoms with E-state index in [4.69, 9.17) is 0 Å². The van der Waals surface area contributed by atoms with Gasteiger partial charge in [0, 0.05) is 6.42 Å². The van der Waals surface area contributed by atoms with E-state index < -0.39 is 0 Å².